The van der Waals surface area contributed by atoms with Crippen LogP contribution in [0.25, 0.3) is 0 Å². The number of aromatic hydroxyl groups is 1. The highest BCUT2D eigenvalue weighted by molar-refractivity contribution is 5.85. The molecule has 0 bridgehead atoms. The number of phenols is 1. The van der Waals surface area contributed by atoms with Gasteiger partial charge in [-0.25, -0.2) is 0 Å². The summed E-state index contributed by atoms with van der Waals surface area (Å²) in [5.74, 6) is 1.02. The van der Waals surface area contributed by atoms with Gasteiger partial charge in [0.15, 0.2) is 0 Å². The van der Waals surface area contributed by atoms with Gasteiger partial charge in [0.1, 0.15) is 11.5 Å². The van der Waals surface area contributed by atoms with Gasteiger partial charge in [-0.15, -0.1) is 12.4 Å². The number of hydrogen-bond acceptors (Lipinski definition) is 3. The number of halogens is 1. The van der Waals surface area contributed by atoms with Crippen molar-refractivity contribution in [1.29, 1.82) is 0 Å². The maximum absolute atomic E-state index is 9.51. The van der Waals surface area contributed by atoms with Crippen LogP contribution in [0, 0.1) is 0 Å². The van der Waals surface area contributed by atoms with Crippen molar-refractivity contribution in [2.75, 3.05) is 0 Å². The minimum absolute atomic E-state index is 0. The number of phenolic OH excluding ortho intramolecular Hbond substituents is 1. The lowest BCUT2D eigenvalue weighted by Crippen LogP contribution is -2.17. The van der Waals surface area contributed by atoms with E-state index in [9.17, 15) is 5.11 Å². The third-order valence-electron chi connectivity index (χ3n) is 2.19. The standard InChI is InChI=1S/C13H13NO2.ClH/c15-13-9-5-4-6-11(13)10-14-16-12-7-2-1-3-8-12;/h1-9,14-15H,10H2;1H. The zero-order chi connectivity index (χ0) is 11.2. The molecule has 0 radical (unpaired) electrons. The summed E-state index contributed by atoms with van der Waals surface area (Å²) in [6.45, 7) is 0.460. The minimum Gasteiger partial charge on any atom is -0.508 e. The smallest absolute Gasteiger partial charge is 0.147 e. The molecule has 3 nitrogen and oxygen atoms in total. The summed E-state index contributed by atoms with van der Waals surface area (Å²) < 4.78 is 0. The predicted octanol–water partition coefficient (Wildman–Crippen LogP) is 2.90. The Labute approximate surface area is 106 Å². The zero-order valence-electron chi connectivity index (χ0n) is 9.17. The fourth-order valence-corrected chi connectivity index (χ4v) is 1.35. The number of hydroxylamine groups is 1. The molecule has 4 heteroatoms. The second-order valence-corrected chi connectivity index (χ2v) is 3.36. The molecule has 0 saturated carbocycles. The fourth-order valence-electron chi connectivity index (χ4n) is 1.35. The molecule has 0 unspecified atom stereocenters. The van der Waals surface area contributed by atoms with Gasteiger partial charge in [0.2, 0.25) is 0 Å². The van der Waals surface area contributed by atoms with Crippen molar-refractivity contribution in [1.82, 2.24) is 5.48 Å². The van der Waals surface area contributed by atoms with Gasteiger partial charge in [0.05, 0.1) is 6.54 Å². The second kappa shape index (κ2) is 6.78. The van der Waals surface area contributed by atoms with Gasteiger partial charge in [-0.1, -0.05) is 36.4 Å². The van der Waals surface area contributed by atoms with Gasteiger partial charge in [0.25, 0.3) is 0 Å². The summed E-state index contributed by atoms with van der Waals surface area (Å²) in [4.78, 5) is 5.30. The molecule has 0 aromatic heterocycles. The van der Waals surface area contributed by atoms with Gasteiger partial charge in [-0.05, 0) is 18.2 Å². The van der Waals surface area contributed by atoms with Crippen LogP contribution in [0.1, 0.15) is 5.56 Å². The van der Waals surface area contributed by atoms with Crippen LogP contribution < -0.4 is 10.3 Å². The van der Waals surface area contributed by atoms with Crippen LogP contribution in [0.15, 0.2) is 54.6 Å². The Hall–Kier alpha value is -1.71. The van der Waals surface area contributed by atoms with Crippen molar-refractivity contribution in [3.63, 3.8) is 0 Å². The Kier molecular flexibility index (Phi) is 5.33. The van der Waals surface area contributed by atoms with Crippen LogP contribution >= 0.6 is 12.4 Å². The molecule has 0 amide bonds. The van der Waals surface area contributed by atoms with Gasteiger partial charge in [-0.2, -0.15) is 5.48 Å². The number of nitrogens with one attached hydrogen (secondary N) is 1. The van der Waals surface area contributed by atoms with E-state index in [0.29, 0.717) is 6.54 Å². The van der Waals surface area contributed by atoms with Gasteiger partial charge >= 0.3 is 0 Å². The first kappa shape index (κ1) is 13.4. The Bertz CT molecular complexity index is 448. The highest BCUT2D eigenvalue weighted by Crippen LogP contribution is 2.15. The molecule has 2 N–H and O–H groups in total. The van der Waals surface area contributed by atoms with Crippen LogP contribution in [0.4, 0.5) is 0 Å². The van der Waals surface area contributed by atoms with Crippen LogP contribution in [-0.4, -0.2) is 5.11 Å². The predicted molar refractivity (Wildman–Crippen MR) is 69.3 cm³/mol. The number of para-hydroxylation sites is 2. The highest BCUT2D eigenvalue weighted by atomic mass is 35.5. The van der Waals surface area contributed by atoms with Crippen LogP contribution in [0.2, 0.25) is 0 Å². The van der Waals surface area contributed by atoms with Gasteiger partial charge in [-0.3, -0.25) is 0 Å². The Morgan fingerprint density at radius 3 is 2.29 bits per heavy atom. The first-order valence-corrected chi connectivity index (χ1v) is 5.08. The average molecular weight is 252 g/mol. The van der Waals surface area contributed by atoms with Crippen molar-refractivity contribution in [2.45, 2.75) is 6.54 Å². The largest absolute Gasteiger partial charge is 0.508 e. The lowest BCUT2D eigenvalue weighted by Gasteiger charge is -2.07. The average Bonchev–Trinajstić information content (AvgIpc) is 2.33. The Morgan fingerprint density at radius 2 is 1.59 bits per heavy atom. The molecule has 17 heavy (non-hydrogen) atoms. The van der Waals surface area contributed by atoms with E-state index in [2.05, 4.69) is 5.48 Å². The SMILES string of the molecule is Cl.Oc1ccccc1CNOc1ccccc1. The summed E-state index contributed by atoms with van der Waals surface area (Å²) >= 11 is 0. The summed E-state index contributed by atoms with van der Waals surface area (Å²) in [5, 5.41) is 9.51. The van der Waals surface area contributed by atoms with Gasteiger partial charge in [0, 0.05) is 5.56 Å². The maximum atomic E-state index is 9.51. The molecule has 0 saturated heterocycles. The van der Waals surface area contributed by atoms with Crippen molar-refractivity contribution in [2.24, 2.45) is 0 Å². The molecule has 2 aromatic rings. The first-order chi connectivity index (χ1) is 7.86. The molecule has 90 valence electrons. The first-order valence-electron chi connectivity index (χ1n) is 5.08. The second-order valence-electron chi connectivity index (χ2n) is 3.36. The third kappa shape index (κ3) is 3.98. The van der Waals surface area contributed by atoms with E-state index in [-0.39, 0.29) is 18.2 Å². The summed E-state index contributed by atoms with van der Waals surface area (Å²) in [6.07, 6.45) is 0. The molecular weight excluding hydrogens is 238 g/mol. The molecule has 0 aliphatic rings. The van der Waals surface area contributed by atoms with Crippen molar-refractivity contribution in [3.8, 4) is 11.5 Å². The molecule has 0 fully saturated rings. The summed E-state index contributed by atoms with van der Waals surface area (Å²) in [6, 6.07) is 16.6. The monoisotopic (exact) mass is 251 g/mol. The van der Waals surface area contributed by atoms with E-state index in [4.69, 9.17) is 4.84 Å². The molecule has 0 aliphatic carbocycles. The Morgan fingerprint density at radius 1 is 0.941 bits per heavy atom. The van der Waals surface area contributed by atoms with E-state index >= 15 is 0 Å². The number of hydrogen-bond donors (Lipinski definition) is 2. The fraction of sp³-hybridized carbons (Fsp3) is 0.0769. The van der Waals surface area contributed by atoms with E-state index in [1.807, 2.05) is 42.5 Å². The molecular formula is C13H14ClNO2. The van der Waals surface area contributed by atoms with Crippen molar-refractivity contribution < 1.29 is 9.94 Å². The molecule has 0 heterocycles. The van der Waals surface area contributed by atoms with E-state index < -0.39 is 0 Å². The van der Waals surface area contributed by atoms with Gasteiger partial charge < -0.3 is 9.94 Å². The van der Waals surface area contributed by atoms with Crippen LogP contribution in [0.3, 0.4) is 0 Å². The van der Waals surface area contributed by atoms with E-state index in [1.165, 1.54) is 0 Å². The molecule has 0 atom stereocenters. The molecule has 0 aliphatic heterocycles. The van der Waals surface area contributed by atoms with Crippen molar-refractivity contribution in [3.05, 3.63) is 60.2 Å². The molecule has 0 spiro atoms. The Balaban J connectivity index is 0.00000144. The normalized spacial score (nSPS) is 9.41. The molecule has 2 rings (SSSR count). The molecule has 2 aromatic carbocycles. The van der Waals surface area contributed by atoms with Crippen LogP contribution in [0.5, 0.6) is 11.5 Å². The van der Waals surface area contributed by atoms with Crippen LogP contribution in [-0.2, 0) is 6.54 Å². The zero-order valence-corrected chi connectivity index (χ0v) is 9.98. The summed E-state index contributed by atoms with van der Waals surface area (Å²) in [7, 11) is 0. The lowest BCUT2D eigenvalue weighted by atomic mass is 10.2. The number of rotatable bonds is 4. The minimum atomic E-state index is 0. The topological polar surface area (TPSA) is 41.5 Å². The maximum Gasteiger partial charge on any atom is 0.147 e. The summed E-state index contributed by atoms with van der Waals surface area (Å²) in [5.41, 5.74) is 3.60. The van der Waals surface area contributed by atoms with Crippen molar-refractivity contribution >= 4 is 12.4 Å². The van der Waals surface area contributed by atoms with E-state index in [1.54, 1.807) is 12.1 Å². The highest BCUT2D eigenvalue weighted by Gasteiger charge is 1.98. The van der Waals surface area contributed by atoms with E-state index in [0.717, 1.165) is 11.3 Å². The number of benzene rings is 2. The third-order valence-corrected chi connectivity index (χ3v) is 2.19. The lowest BCUT2D eigenvalue weighted by molar-refractivity contribution is 0.189. The quantitative estimate of drug-likeness (QED) is 0.821.